The topological polar surface area (TPSA) is 29.5 Å². The number of rotatable bonds is 0. The highest BCUT2D eigenvalue weighted by Crippen LogP contribution is 2.36. The van der Waals surface area contributed by atoms with E-state index in [-0.39, 0.29) is 5.82 Å². The fourth-order valence-corrected chi connectivity index (χ4v) is 1.54. The van der Waals surface area contributed by atoms with Gasteiger partial charge in [-0.15, -0.1) is 0 Å². The van der Waals surface area contributed by atoms with Gasteiger partial charge in [0.15, 0.2) is 0 Å². The predicted molar refractivity (Wildman–Crippen MR) is 46.1 cm³/mol. The third kappa shape index (κ3) is 1.40. The molecule has 1 aliphatic rings. The molecule has 1 unspecified atom stereocenters. The van der Waals surface area contributed by atoms with Crippen molar-refractivity contribution < 1.29 is 14.2 Å². The first-order valence-electron chi connectivity index (χ1n) is 4.25. The summed E-state index contributed by atoms with van der Waals surface area (Å²) in [6.45, 7) is 2.15. The Balaban J connectivity index is 2.55. The van der Waals surface area contributed by atoms with Crippen LogP contribution < -0.4 is 4.74 Å². The summed E-state index contributed by atoms with van der Waals surface area (Å²) in [6.07, 6.45) is 0.503. The van der Waals surface area contributed by atoms with Crippen molar-refractivity contribution in [2.24, 2.45) is 0 Å². The average molecular weight is 182 g/mol. The van der Waals surface area contributed by atoms with E-state index < -0.39 is 5.60 Å². The summed E-state index contributed by atoms with van der Waals surface area (Å²) in [5.41, 5.74) is -0.422. The van der Waals surface area contributed by atoms with Crippen molar-refractivity contribution >= 4 is 0 Å². The molecule has 0 radical (unpaired) electrons. The van der Waals surface area contributed by atoms with Crippen molar-refractivity contribution in [3.63, 3.8) is 0 Å². The molecule has 0 aliphatic carbocycles. The van der Waals surface area contributed by atoms with Gasteiger partial charge in [0, 0.05) is 12.0 Å². The van der Waals surface area contributed by atoms with E-state index in [1.807, 2.05) is 0 Å². The minimum absolute atomic E-state index is 0.343. The maximum atomic E-state index is 12.9. The number of aliphatic hydroxyl groups is 1. The molecule has 13 heavy (non-hydrogen) atoms. The van der Waals surface area contributed by atoms with Crippen molar-refractivity contribution in [1.82, 2.24) is 0 Å². The van der Waals surface area contributed by atoms with E-state index in [0.29, 0.717) is 24.3 Å². The highest BCUT2D eigenvalue weighted by atomic mass is 19.1. The summed E-state index contributed by atoms with van der Waals surface area (Å²) in [4.78, 5) is 0. The van der Waals surface area contributed by atoms with Gasteiger partial charge in [-0.3, -0.25) is 0 Å². The molecule has 0 bridgehead atoms. The van der Waals surface area contributed by atoms with Gasteiger partial charge in [0.2, 0.25) is 0 Å². The SMILES string of the molecule is CC1(O)CCOc2ccc(F)cc21. The van der Waals surface area contributed by atoms with Crippen LogP contribution >= 0.6 is 0 Å². The normalized spacial score (nSPS) is 26.4. The monoisotopic (exact) mass is 182 g/mol. The summed E-state index contributed by atoms with van der Waals surface area (Å²) in [7, 11) is 0. The summed E-state index contributed by atoms with van der Waals surface area (Å²) in [6, 6.07) is 4.22. The number of fused-ring (bicyclic) bond motifs is 1. The highest BCUT2D eigenvalue weighted by Gasteiger charge is 2.30. The van der Waals surface area contributed by atoms with Crippen LogP contribution in [-0.2, 0) is 5.60 Å². The fraction of sp³-hybridized carbons (Fsp3) is 0.400. The lowest BCUT2D eigenvalue weighted by Gasteiger charge is -2.30. The molecule has 1 aromatic rings. The molecule has 1 atom stereocenters. The lowest BCUT2D eigenvalue weighted by Crippen LogP contribution is -2.29. The van der Waals surface area contributed by atoms with Gasteiger partial charge in [-0.2, -0.15) is 0 Å². The summed E-state index contributed by atoms with van der Waals surface area (Å²) >= 11 is 0. The second-order valence-electron chi connectivity index (χ2n) is 3.51. The minimum atomic E-state index is -0.963. The Labute approximate surface area is 76.0 Å². The largest absolute Gasteiger partial charge is 0.493 e. The maximum absolute atomic E-state index is 12.9. The van der Waals surface area contributed by atoms with Gasteiger partial charge in [0.25, 0.3) is 0 Å². The number of benzene rings is 1. The molecule has 0 amide bonds. The molecule has 1 aromatic carbocycles. The first-order chi connectivity index (χ1) is 6.09. The smallest absolute Gasteiger partial charge is 0.125 e. The molecule has 0 fully saturated rings. The second kappa shape index (κ2) is 2.70. The van der Waals surface area contributed by atoms with Crippen molar-refractivity contribution in [1.29, 1.82) is 0 Å². The fourth-order valence-electron chi connectivity index (χ4n) is 1.54. The van der Waals surface area contributed by atoms with Crippen LogP contribution in [0.25, 0.3) is 0 Å². The Hall–Kier alpha value is -1.09. The molecule has 0 spiro atoms. The van der Waals surface area contributed by atoms with Crippen molar-refractivity contribution in [2.75, 3.05) is 6.61 Å². The number of ether oxygens (including phenoxy) is 1. The van der Waals surface area contributed by atoms with Crippen LogP contribution in [0.4, 0.5) is 4.39 Å². The molecule has 0 saturated carbocycles. The molecule has 0 aromatic heterocycles. The van der Waals surface area contributed by atoms with Gasteiger partial charge in [-0.05, 0) is 25.1 Å². The summed E-state index contributed by atoms with van der Waals surface area (Å²) in [5.74, 6) is 0.238. The second-order valence-corrected chi connectivity index (χ2v) is 3.51. The minimum Gasteiger partial charge on any atom is -0.493 e. The molecule has 1 N–H and O–H groups in total. The van der Waals surface area contributed by atoms with E-state index in [4.69, 9.17) is 4.74 Å². The highest BCUT2D eigenvalue weighted by molar-refractivity contribution is 5.39. The van der Waals surface area contributed by atoms with Crippen LogP contribution in [0.15, 0.2) is 18.2 Å². The number of hydrogen-bond donors (Lipinski definition) is 1. The Morgan fingerprint density at radius 1 is 1.54 bits per heavy atom. The zero-order chi connectivity index (χ0) is 9.47. The third-order valence-corrected chi connectivity index (χ3v) is 2.37. The predicted octanol–water partition coefficient (Wildman–Crippen LogP) is 1.82. The Morgan fingerprint density at radius 2 is 2.31 bits per heavy atom. The molecule has 1 aliphatic heterocycles. The van der Waals surface area contributed by atoms with Gasteiger partial charge in [-0.1, -0.05) is 0 Å². The maximum Gasteiger partial charge on any atom is 0.125 e. The van der Waals surface area contributed by atoms with Gasteiger partial charge in [-0.25, -0.2) is 4.39 Å². The zero-order valence-electron chi connectivity index (χ0n) is 7.38. The van der Waals surface area contributed by atoms with Crippen LogP contribution in [0.1, 0.15) is 18.9 Å². The lowest BCUT2D eigenvalue weighted by molar-refractivity contribution is 0.0143. The van der Waals surface area contributed by atoms with Gasteiger partial charge in [0.05, 0.1) is 12.2 Å². The summed E-state index contributed by atoms with van der Waals surface area (Å²) < 4.78 is 18.2. The zero-order valence-corrected chi connectivity index (χ0v) is 7.38. The molecule has 1 heterocycles. The number of halogens is 1. The Morgan fingerprint density at radius 3 is 3.08 bits per heavy atom. The standard InChI is InChI=1S/C10H11FO2/c1-10(12)4-5-13-9-3-2-7(11)6-8(9)10/h2-3,6,12H,4-5H2,1H3. The van der Waals surface area contributed by atoms with Crippen molar-refractivity contribution in [2.45, 2.75) is 18.9 Å². The van der Waals surface area contributed by atoms with E-state index in [9.17, 15) is 9.50 Å². The van der Waals surface area contributed by atoms with Crippen LogP contribution in [-0.4, -0.2) is 11.7 Å². The van der Waals surface area contributed by atoms with Crippen LogP contribution in [0, 0.1) is 5.82 Å². The van der Waals surface area contributed by atoms with E-state index in [2.05, 4.69) is 0 Å². The molecule has 2 nitrogen and oxygen atoms in total. The Bertz CT molecular complexity index is 334. The van der Waals surface area contributed by atoms with Gasteiger partial charge >= 0.3 is 0 Å². The van der Waals surface area contributed by atoms with Crippen molar-refractivity contribution in [3.8, 4) is 5.75 Å². The first-order valence-corrected chi connectivity index (χ1v) is 4.25. The van der Waals surface area contributed by atoms with E-state index >= 15 is 0 Å². The van der Waals surface area contributed by atoms with Gasteiger partial charge in [0.1, 0.15) is 11.6 Å². The first kappa shape index (κ1) is 8.51. The molecule has 0 saturated heterocycles. The van der Waals surface area contributed by atoms with Crippen LogP contribution in [0.5, 0.6) is 5.75 Å². The molecule has 70 valence electrons. The molecular formula is C10H11FO2. The summed E-state index contributed by atoms with van der Waals surface area (Å²) in [5, 5.41) is 9.90. The molecular weight excluding hydrogens is 171 g/mol. The van der Waals surface area contributed by atoms with Gasteiger partial charge < -0.3 is 9.84 Å². The van der Waals surface area contributed by atoms with E-state index in [1.165, 1.54) is 12.1 Å². The number of hydrogen-bond acceptors (Lipinski definition) is 2. The quantitative estimate of drug-likeness (QED) is 0.663. The lowest BCUT2D eigenvalue weighted by atomic mass is 9.90. The Kier molecular flexibility index (Phi) is 1.77. The average Bonchev–Trinajstić information content (AvgIpc) is 2.06. The third-order valence-electron chi connectivity index (χ3n) is 2.37. The molecule has 3 heteroatoms. The van der Waals surface area contributed by atoms with E-state index in [1.54, 1.807) is 13.0 Å². The molecule has 2 rings (SSSR count). The van der Waals surface area contributed by atoms with Crippen LogP contribution in [0.2, 0.25) is 0 Å². The van der Waals surface area contributed by atoms with Crippen molar-refractivity contribution in [3.05, 3.63) is 29.6 Å². The van der Waals surface area contributed by atoms with Crippen LogP contribution in [0.3, 0.4) is 0 Å². The van der Waals surface area contributed by atoms with E-state index in [0.717, 1.165) is 0 Å².